The molecule has 0 unspecified atom stereocenters. The fourth-order valence-corrected chi connectivity index (χ4v) is 4.27. The average Bonchev–Trinajstić information content (AvgIpc) is 2.75. The van der Waals surface area contributed by atoms with Crippen molar-refractivity contribution in [2.45, 2.75) is 51.4 Å². The highest BCUT2D eigenvalue weighted by Gasteiger charge is 2.36. The lowest BCUT2D eigenvalue weighted by Crippen LogP contribution is -2.45. The molecule has 9 heteroatoms. The summed E-state index contributed by atoms with van der Waals surface area (Å²) >= 11 is 0. The number of hydrogen-bond acceptors (Lipinski definition) is 6. The van der Waals surface area contributed by atoms with Crippen LogP contribution in [0.3, 0.4) is 0 Å². The molecular weight excluding hydrogens is 444 g/mol. The van der Waals surface area contributed by atoms with Crippen molar-refractivity contribution < 1.29 is 27.4 Å². The lowest BCUT2D eigenvalue weighted by atomic mass is 9.89. The lowest BCUT2D eigenvalue weighted by molar-refractivity contribution is -0.129. The van der Waals surface area contributed by atoms with E-state index >= 15 is 0 Å². The minimum Gasteiger partial charge on any atom is -0.497 e. The SMILES string of the molecule is CC[C@@H](Oc1ccc(N(C)S(C)(=O)=O)cc1)C(=O)N[C@H]1CC(C)(C)Oc2ccc(OC)cc21. The van der Waals surface area contributed by atoms with Gasteiger partial charge in [0.05, 0.1) is 25.1 Å². The summed E-state index contributed by atoms with van der Waals surface area (Å²) in [5.74, 6) is 1.67. The average molecular weight is 477 g/mol. The van der Waals surface area contributed by atoms with E-state index in [2.05, 4.69) is 5.32 Å². The van der Waals surface area contributed by atoms with Gasteiger partial charge in [-0.3, -0.25) is 9.10 Å². The van der Waals surface area contributed by atoms with Crippen molar-refractivity contribution in [3.8, 4) is 17.2 Å². The van der Waals surface area contributed by atoms with Crippen LogP contribution >= 0.6 is 0 Å². The van der Waals surface area contributed by atoms with E-state index in [1.165, 1.54) is 11.4 Å². The first kappa shape index (κ1) is 24.7. The highest BCUT2D eigenvalue weighted by atomic mass is 32.2. The number of sulfonamides is 1. The molecule has 0 aliphatic carbocycles. The molecule has 0 fully saturated rings. The van der Waals surface area contributed by atoms with Crippen LogP contribution in [0.4, 0.5) is 5.69 Å². The maximum Gasteiger partial charge on any atom is 0.261 e. The number of hydrogen-bond donors (Lipinski definition) is 1. The Bertz CT molecular complexity index is 1100. The smallest absolute Gasteiger partial charge is 0.261 e. The zero-order chi connectivity index (χ0) is 24.4. The van der Waals surface area contributed by atoms with Crippen molar-refractivity contribution in [1.82, 2.24) is 5.32 Å². The first-order valence-corrected chi connectivity index (χ1v) is 12.7. The summed E-state index contributed by atoms with van der Waals surface area (Å²) in [5, 5.41) is 3.12. The number of nitrogens with one attached hydrogen (secondary N) is 1. The van der Waals surface area contributed by atoms with Crippen LogP contribution in [0.1, 0.15) is 45.2 Å². The first-order chi connectivity index (χ1) is 15.4. The Morgan fingerprint density at radius 3 is 2.42 bits per heavy atom. The fraction of sp³-hybridized carbons (Fsp3) is 0.458. The van der Waals surface area contributed by atoms with Crippen molar-refractivity contribution in [2.75, 3.05) is 24.7 Å². The van der Waals surface area contributed by atoms with Crippen LogP contribution in [0.25, 0.3) is 0 Å². The van der Waals surface area contributed by atoms with Crippen molar-refractivity contribution in [3.63, 3.8) is 0 Å². The first-order valence-electron chi connectivity index (χ1n) is 10.8. The van der Waals surface area contributed by atoms with Gasteiger partial charge in [0.2, 0.25) is 10.0 Å². The Morgan fingerprint density at radius 1 is 1.21 bits per heavy atom. The van der Waals surface area contributed by atoms with Crippen molar-refractivity contribution in [2.24, 2.45) is 0 Å². The zero-order valence-corrected chi connectivity index (χ0v) is 20.7. The molecule has 2 aromatic carbocycles. The normalized spacial score (nSPS) is 17.8. The number of carbonyl (C=O) groups excluding carboxylic acids is 1. The van der Waals surface area contributed by atoms with Gasteiger partial charge in [0, 0.05) is 19.0 Å². The topological polar surface area (TPSA) is 94.2 Å². The predicted molar refractivity (Wildman–Crippen MR) is 128 cm³/mol. The summed E-state index contributed by atoms with van der Waals surface area (Å²) < 4.78 is 42.0. The lowest BCUT2D eigenvalue weighted by Gasteiger charge is -2.38. The van der Waals surface area contributed by atoms with Crippen LogP contribution < -0.4 is 23.8 Å². The van der Waals surface area contributed by atoms with E-state index in [-0.39, 0.29) is 11.9 Å². The summed E-state index contributed by atoms with van der Waals surface area (Å²) in [6, 6.07) is 11.9. The Morgan fingerprint density at radius 2 is 1.85 bits per heavy atom. The second-order valence-corrected chi connectivity index (χ2v) is 10.8. The van der Waals surface area contributed by atoms with Crippen molar-refractivity contribution in [3.05, 3.63) is 48.0 Å². The summed E-state index contributed by atoms with van der Waals surface area (Å²) in [4.78, 5) is 13.1. The number of amides is 1. The van der Waals surface area contributed by atoms with E-state index in [1.807, 2.05) is 39.0 Å². The molecule has 1 heterocycles. The van der Waals surface area contributed by atoms with Crippen molar-refractivity contribution in [1.29, 1.82) is 0 Å². The third kappa shape index (κ3) is 5.90. The van der Waals surface area contributed by atoms with Gasteiger partial charge in [0.25, 0.3) is 5.91 Å². The van der Waals surface area contributed by atoms with Crippen LogP contribution in [0, 0.1) is 0 Å². The van der Waals surface area contributed by atoms with Gasteiger partial charge in [0.1, 0.15) is 22.8 Å². The van der Waals surface area contributed by atoms with Gasteiger partial charge in [-0.1, -0.05) is 6.92 Å². The molecule has 0 aromatic heterocycles. The number of ether oxygens (including phenoxy) is 3. The Hall–Kier alpha value is -2.94. The second kappa shape index (κ2) is 9.51. The molecule has 1 aliphatic rings. The zero-order valence-electron chi connectivity index (χ0n) is 19.9. The van der Waals surface area contributed by atoms with E-state index in [4.69, 9.17) is 14.2 Å². The third-order valence-electron chi connectivity index (χ3n) is 5.63. The number of methoxy groups -OCH3 is 1. The molecule has 1 aliphatic heterocycles. The predicted octanol–water partition coefficient (Wildman–Crippen LogP) is 3.67. The minimum atomic E-state index is -3.36. The van der Waals surface area contributed by atoms with E-state index in [0.29, 0.717) is 30.0 Å². The molecule has 0 radical (unpaired) electrons. The molecule has 33 heavy (non-hydrogen) atoms. The van der Waals surface area contributed by atoms with Gasteiger partial charge in [-0.2, -0.15) is 0 Å². The summed E-state index contributed by atoms with van der Waals surface area (Å²) in [6.45, 7) is 5.85. The highest BCUT2D eigenvalue weighted by molar-refractivity contribution is 7.92. The van der Waals surface area contributed by atoms with E-state index < -0.39 is 21.7 Å². The van der Waals surface area contributed by atoms with Gasteiger partial charge in [-0.25, -0.2) is 8.42 Å². The molecule has 0 spiro atoms. The molecule has 8 nitrogen and oxygen atoms in total. The Balaban J connectivity index is 1.75. The van der Waals surface area contributed by atoms with Gasteiger partial charge >= 0.3 is 0 Å². The Labute approximate surface area is 195 Å². The Kier molecular flexibility index (Phi) is 7.11. The number of carbonyl (C=O) groups is 1. The molecule has 0 bridgehead atoms. The molecule has 3 rings (SSSR count). The number of benzene rings is 2. The number of nitrogens with zero attached hydrogens (tertiary/aromatic N) is 1. The minimum absolute atomic E-state index is 0.230. The molecule has 1 N–H and O–H groups in total. The van der Waals surface area contributed by atoms with Crippen LogP contribution in [0.2, 0.25) is 0 Å². The summed E-state index contributed by atoms with van der Waals surface area (Å²) in [5.41, 5.74) is 0.936. The van der Waals surface area contributed by atoms with Gasteiger partial charge < -0.3 is 19.5 Å². The molecule has 2 aromatic rings. The second-order valence-electron chi connectivity index (χ2n) is 8.77. The molecule has 2 atom stereocenters. The van der Waals surface area contributed by atoms with Crippen LogP contribution in [0.15, 0.2) is 42.5 Å². The highest BCUT2D eigenvalue weighted by Crippen LogP contribution is 2.41. The molecule has 1 amide bonds. The molecule has 0 saturated heterocycles. The van der Waals surface area contributed by atoms with Crippen LogP contribution in [-0.4, -0.2) is 46.4 Å². The maximum absolute atomic E-state index is 13.1. The summed E-state index contributed by atoms with van der Waals surface area (Å²) in [7, 11) is -0.274. The number of rotatable bonds is 8. The standard InChI is InChI=1S/C24H32N2O6S/c1-7-21(31-17-10-8-16(9-11-17)26(4)33(6,28)29)23(27)25-20-15-24(2,3)32-22-13-12-18(30-5)14-19(20)22/h8-14,20-21H,7,15H2,1-6H3,(H,25,27)/t20-,21+/m0/s1. The fourth-order valence-electron chi connectivity index (χ4n) is 3.77. The molecular formula is C24H32N2O6S. The van der Waals surface area contributed by atoms with E-state index in [9.17, 15) is 13.2 Å². The summed E-state index contributed by atoms with van der Waals surface area (Å²) in [6.07, 6.45) is 1.50. The molecule has 0 saturated carbocycles. The largest absolute Gasteiger partial charge is 0.497 e. The maximum atomic E-state index is 13.1. The van der Waals surface area contributed by atoms with E-state index in [1.54, 1.807) is 31.4 Å². The molecule has 180 valence electrons. The van der Waals surface area contributed by atoms with E-state index in [0.717, 1.165) is 17.6 Å². The quantitative estimate of drug-likeness (QED) is 0.625. The van der Waals surface area contributed by atoms with Crippen LogP contribution in [0.5, 0.6) is 17.2 Å². The monoisotopic (exact) mass is 476 g/mol. The van der Waals surface area contributed by atoms with Crippen molar-refractivity contribution >= 4 is 21.6 Å². The van der Waals surface area contributed by atoms with Gasteiger partial charge in [0.15, 0.2) is 6.10 Å². The van der Waals surface area contributed by atoms with Crippen LogP contribution in [-0.2, 0) is 14.8 Å². The third-order valence-corrected chi connectivity index (χ3v) is 6.84. The van der Waals surface area contributed by atoms with Gasteiger partial charge in [-0.05, 0) is 62.7 Å². The van der Waals surface area contributed by atoms with Gasteiger partial charge in [-0.15, -0.1) is 0 Å². The number of anilines is 1. The number of fused-ring (bicyclic) bond motifs is 1.